The van der Waals surface area contributed by atoms with Crippen LogP contribution in [0, 0.1) is 0 Å². The molecular formula is C11H15F2NO2S. The molecule has 3 nitrogen and oxygen atoms in total. The first-order chi connectivity index (χ1) is 8.13. The molecule has 0 amide bonds. The fraction of sp³-hybridized carbons (Fsp3) is 0.636. The summed E-state index contributed by atoms with van der Waals surface area (Å²) in [5, 5.41) is 9.37. The second-order valence-electron chi connectivity index (χ2n) is 4.12. The van der Waals surface area contributed by atoms with Crippen molar-refractivity contribution in [3.8, 4) is 0 Å². The molecule has 1 aromatic heterocycles. The van der Waals surface area contributed by atoms with Crippen LogP contribution in [0.2, 0.25) is 0 Å². The molecular weight excluding hydrogens is 248 g/mol. The Labute approximate surface area is 103 Å². The number of rotatable bonds is 5. The smallest absolute Gasteiger partial charge is 0.284 e. The standard InChI is InChI=1S/C11H15F2NO2S/c12-11(13)17-7-10-2-1-9(16-10)6-14-4-3-8(15)5-14/h1-2,8,11,15H,3-7H2/t8-/m1/s1. The van der Waals surface area contributed by atoms with E-state index >= 15 is 0 Å². The predicted molar refractivity (Wildman–Crippen MR) is 61.9 cm³/mol. The second-order valence-corrected chi connectivity index (χ2v) is 5.10. The van der Waals surface area contributed by atoms with E-state index < -0.39 is 5.76 Å². The molecule has 0 spiro atoms. The van der Waals surface area contributed by atoms with Gasteiger partial charge in [0.2, 0.25) is 0 Å². The number of thioether (sulfide) groups is 1. The van der Waals surface area contributed by atoms with Crippen molar-refractivity contribution >= 4 is 11.8 Å². The lowest BCUT2D eigenvalue weighted by molar-refractivity contribution is 0.172. The Hall–Kier alpha value is -0.590. The lowest BCUT2D eigenvalue weighted by Gasteiger charge is -2.12. The zero-order chi connectivity index (χ0) is 12.3. The molecule has 1 fully saturated rings. The van der Waals surface area contributed by atoms with Crippen molar-refractivity contribution in [1.29, 1.82) is 0 Å². The van der Waals surface area contributed by atoms with Crippen LogP contribution < -0.4 is 0 Å². The van der Waals surface area contributed by atoms with Gasteiger partial charge in [0.1, 0.15) is 11.5 Å². The van der Waals surface area contributed by atoms with E-state index in [1.807, 2.05) is 6.07 Å². The summed E-state index contributed by atoms with van der Waals surface area (Å²) in [4.78, 5) is 2.09. The van der Waals surface area contributed by atoms with Crippen molar-refractivity contribution in [3.05, 3.63) is 23.7 Å². The van der Waals surface area contributed by atoms with Gasteiger partial charge in [-0.3, -0.25) is 4.90 Å². The summed E-state index contributed by atoms with van der Waals surface area (Å²) in [5.74, 6) is -0.827. The minimum atomic E-state index is -2.36. The van der Waals surface area contributed by atoms with Crippen molar-refractivity contribution in [3.63, 3.8) is 0 Å². The van der Waals surface area contributed by atoms with Crippen molar-refractivity contribution in [2.75, 3.05) is 13.1 Å². The van der Waals surface area contributed by atoms with Gasteiger partial charge in [-0.15, -0.1) is 0 Å². The average molecular weight is 263 g/mol. The molecule has 1 N–H and O–H groups in total. The molecule has 0 radical (unpaired) electrons. The first-order valence-corrected chi connectivity index (χ1v) is 6.56. The highest BCUT2D eigenvalue weighted by molar-refractivity contribution is 7.98. The number of nitrogens with zero attached hydrogens (tertiary/aromatic N) is 1. The van der Waals surface area contributed by atoms with E-state index in [1.165, 1.54) is 0 Å². The third-order valence-electron chi connectivity index (χ3n) is 2.70. The summed E-state index contributed by atoms with van der Waals surface area (Å²) in [7, 11) is 0. The van der Waals surface area contributed by atoms with Crippen LogP contribution in [0.15, 0.2) is 16.5 Å². The van der Waals surface area contributed by atoms with E-state index in [0.29, 0.717) is 30.6 Å². The van der Waals surface area contributed by atoms with E-state index in [-0.39, 0.29) is 11.9 Å². The van der Waals surface area contributed by atoms with Gasteiger partial charge in [0.15, 0.2) is 0 Å². The third-order valence-corrected chi connectivity index (χ3v) is 3.40. The molecule has 0 bridgehead atoms. The maximum atomic E-state index is 12.0. The number of halogens is 2. The van der Waals surface area contributed by atoms with Gasteiger partial charge in [-0.05, 0) is 18.6 Å². The van der Waals surface area contributed by atoms with Gasteiger partial charge in [0.05, 0.1) is 18.4 Å². The van der Waals surface area contributed by atoms with Crippen molar-refractivity contribution < 1.29 is 18.3 Å². The van der Waals surface area contributed by atoms with Crippen LogP contribution in [-0.2, 0) is 12.3 Å². The maximum Gasteiger partial charge on any atom is 0.284 e. The SMILES string of the molecule is O[C@@H]1CCN(Cc2ccc(CSC(F)F)o2)C1. The van der Waals surface area contributed by atoms with Gasteiger partial charge < -0.3 is 9.52 Å². The van der Waals surface area contributed by atoms with E-state index in [0.717, 1.165) is 18.7 Å². The number of aliphatic hydroxyl groups is 1. The van der Waals surface area contributed by atoms with Gasteiger partial charge in [-0.1, -0.05) is 11.8 Å². The van der Waals surface area contributed by atoms with Crippen molar-refractivity contribution in [1.82, 2.24) is 4.90 Å². The van der Waals surface area contributed by atoms with Crippen LogP contribution in [0.25, 0.3) is 0 Å². The lowest BCUT2D eigenvalue weighted by Crippen LogP contribution is -2.21. The summed E-state index contributed by atoms with van der Waals surface area (Å²) in [6.07, 6.45) is 0.535. The fourth-order valence-electron chi connectivity index (χ4n) is 1.91. The second kappa shape index (κ2) is 5.84. The van der Waals surface area contributed by atoms with Crippen LogP contribution in [0.4, 0.5) is 8.78 Å². The highest BCUT2D eigenvalue weighted by Crippen LogP contribution is 2.22. The molecule has 0 aliphatic carbocycles. The number of furan rings is 1. The van der Waals surface area contributed by atoms with E-state index in [1.54, 1.807) is 6.07 Å². The zero-order valence-electron chi connectivity index (χ0n) is 9.31. The minimum absolute atomic E-state index is 0.195. The van der Waals surface area contributed by atoms with E-state index in [2.05, 4.69) is 4.90 Å². The molecule has 1 aliphatic heterocycles. The number of hydrogen-bond donors (Lipinski definition) is 1. The Morgan fingerprint density at radius 2 is 2.24 bits per heavy atom. The highest BCUT2D eigenvalue weighted by Gasteiger charge is 2.21. The largest absolute Gasteiger partial charge is 0.464 e. The molecule has 2 heterocycles. The number of likely N-dealkylation sites (tertiary alicyclic amines) is 1. The predicted octanol–water partition coefficient (Wildman–Crippen LogP) is 2.30. The van der Waals surface area contributed by atoms with Crippen LogP contribution >= 0.6 is 11.8 Å². The van der Waals surface area contributed by atoms with Gasteiger partial charge >= 0.3 is 0 Å². The quantitative estimate of drug-likeness (QED) is 0.884. The van der Waals surface area contributed by atoms with Crippen LogP contribution in [0.5, 0.6) is 0 Å². The van der Waals surface area contributed by atoms with E-state index in [4.69, 9.17) is 4.42 Å². The van der Waals surface area contributed by atoms with Gasteiger partial charge in [0, 0.05) is 13.1 Å². The molecule has 2 rings (SSSR count). The molecule has 1 saturated heterocycles. The molecule has 1 atom stereocenters. The Morgan fingerprint density at radius 3 is 2.88 bits per heavy atom. The summed E-state index contributed by atoms with van der Waals surface area (Å²) in [6.45, 7) is 2.14. The number of alkyl halides is 2. The first kappa shape index (κ1) is 12.9. The lowest BCUT2D eigenvalue weighted by atomic mass is 10.3. The first-order valence-electron chi connectivity index (χ1n) is 5.51. The summed E-state index contributed by atoms with van der Waals surface area (Å²) >= 11 is 0.560. The summed E-state index contributed by atoms with van der Waals surface area (Å²) < 4.78 is 29.4. The van der Waals surface area contributed by atoms with Crippen molar-refractivity contribution in [2.24, 2.45) is 0 Å². The maximum absolute atomic E-state index is 12.0. The Morgan fingerprint density at radius 1 is 1.47 bits per heavy atom. The normalized spacial score (nSPS) is 21.5. The van der Waals surface area contributed by atoms with Gasteiger partial charge in [-0.25, -0.2) is 0 Å². The van der Waals surface area contributed by atoms with Crippen LogP contribution in [-0.4, -0.2) is 35.0 Å². The third kappa shape index (κ3) is 3.97. The zero-order valence-corrected chi connectivity index (χ0v) is 10.1. The average Bonchev–Trinajstić information content (AvgIpc) is 2.86. The molecule has 96 valence electrons. The Balaban J connectivity index is 1.81. The molecule has 17 heavy (non-hydrogen) atoms. The molecule has 0 unspecified atom stereocenters. The van der Waals surface area contributed by atoms with Gasteiger partial charge in [-0.2, -0.15) is 8.78 Å². The van der Waals surface area contributed by atoms with Crippen LogP contribution in [0.3, 0.4) is 0 Å². The Kier molecular flexibility index (Phi) is 4.42. The molecule has 6 heteroatoms. The number of hydrogen-bond acceptors (Lipinski definition) is 4. The van der Waals surface area contributed by atoms with Crippen LogP contribution in [0.1, 0.15) is 17.9 Å². The molecule has 0 aromatic carbocycles. The Bertz CT molecular complexity index is 359. The number of aliphatic hydroxyl groups excluding tert-OH is 1. The van der Waals surface area contributed by atoms with E-state index in [9.17, 15) is 13.9 Å². The topological polar surface area (TPSA) is 36.6 Å². The van der Waals surface area contributed by atoms with Gasteiger partial charge in [0.25, 0.3) is 5.76 Å². The number of β-amino-alcohol motifs (C(OH)–C–C–N with tert-alkyl or cyclic N) is 1. The fourth-order valence-corrected chi connectivity index (χ4v) is 2.35. The monoisotopic (exact) mass is 263 g/mol. The summed E-state index contributed by atoms with van der Waals surface area (Å²) in [6, 6.07) is 3.54. The van der Waals surface area contributed by atoms with Crippen molar-refractivity contribution in [2.45, 2.75) is 30.6 Å². The molecule has 1 aliphatic rings. The molecule has 1 aromatic rings. The minimum Gasteiger partial charge on any atom is -0.464 e. The highest BCUT2D eigenvalue weighted by atomic mass is 32.2. The molecule has 0 saturated carbocycles. The summed E-state index contributed by atoms with van der Waals surface area (Å²) in [5.41, 5.74) is 0.